The number of Topliss-reactive ketones (excluding diaryl/α,β-unsaturated/α-hetero) is 1. The molecule has 0 heterocycles. The van der Waals surface area contributed by atoms with Crippen LogP contribution >= 0.6 is 15.9 Å². The molecule has 0 saturated heterocycles. The summed E-state index contributed by atoms with van der Waals surface area (Å²) in [4.78, 5) is 11.5. The molecule has 0 saturated carbocycles. The summed E-state index contributed by atoms with van der Waals surface area (Å²) >= 11 is 3.50. The van der Waals surface area contributed by atoms with Crippen LogP contribution in [0.15, 0.2) is 4.47 Å². The molecule has 1 aromatic carbocycles. The van der Waals surface area contributed by atoms with Crippen molar-refractivity contribution in [1.29, 1.82) is 0 Å². The van der Waals surface area contributed by atoms with Crippen LogP contribution in [0, 0.1) is 27.7 Å². The summed E-state index contributed by atoms with van der Waals surface area (Å²) in [6.45, 7) is 9.81. The van der Waals surface area contributed by atoms with E-state index in [0.29, 0.717) is 0 Å². The minimum atomic E-state index is 0.126. The smallest absolute Gasteiger partial charge is 0.161 e. The van der Waals surface area contributed by atoms with Crippen molar-refractivity contribution in [3.63, 3.8) is 0 Å². The van der Waals surface area contributed by atoms with Crippen molar-refractivity contribution >= 4 is 21.7 Å². The Balaban J connectivity index is 3.68. The fourth-order valence-corrected chi connectivity index (χ4v) is 2.56. The van der Waals surface area contributed by atoms with E-state index in [9.17, 15) is 4.79 Å². The molecule has 0 bridgehead atoms. The van der Waals surface area contributed by atoms with Gasteiger partial charge in [-0.25, -0.2) is 0 Å². The van der Waals surface area contributed by atoms with Crippen LogP contribution in [-0.4, -0.2) is 5.78 Å². The van der Waals surface area contributed by atoms with Crippen molar-refractivity contribution in [2.75, 3.05) is 0 Å². The van der Waals surface area contributed by atoms with E-state index in [0.717, 1.165) is 15.6 Å². The van der Waals surface area contributed by atoms with Gasteiger partial charge in [0.1, 0.15) is 0 Å². The summed E-state index contributed by atoms with van der Waals surface area (Å²) < 4.78 is 0.950. The fourth-order valence-electron chi connectivity index (χ4n) is 1.69. The minimum absolute atomic E-state index is 0.126. The van der Waals surface area contributed by atoms with Gasteiger partial charge in [-0.15, -0.1) is 0 Å². The summed E-state index contributed by atoms with van der Waals surface area (Å²) in [5.74, 6) is 0.126. The third-order valence-corrected chi connectivity index (χ3v) is 3.95. The Morgan fingerprint density at radius 1 is 0.929 bits per heavy atom. The second kappa shape index (κ2) is 3.85. The molecule has 76 valence electrons. The van der Waals surface area contributed by atoms with Crippen LogP contribution in [0.3, 0.4) is 0 Å². The van der Waals surface area contributed by atoms with Crippen molar-refractivity contribution in [2.45, 2.75) is 34.6 Å². The lowest BCUT2D eigenvalue weighted by molar-refractivity contribution is 0.101. The normalized spacial score (nSPS) is 10.4. The summed E-state index contributed by atoms with van der Waals surface area (Å²) in [6.07, 6.45) is 0. The highest BCUT2D eigenvalue weighted by Crippen LogP contribution is 2.30. The fraction of sp³-hybridized carbons (Fsp3) is 0.417. The Bertz CT molecular complexity index is 376. The van der Waals surface area contributed by atoms with E-state index in [4.69, 9.17) is 0 Å². The molecule has 0 radical (unpaired) electrons. The molecule has 0 aliphatic heterocycles. The first kappa shape index (κ1) is 11.4. The van der Waals surface area contributed by atoms with E-state index in [-0.39, 0.29) is 5.78 Å². The quantitative estimate of drug-likeness (QED) is 0.696. The maximum atomic E-state index is 11.5. The highest BCUT2D eigenvalue weighted by molar-refractivity contribution is 9.10. The summed E-state index contributed by atoms with van der Waals surface area (Å²) in [5.41, 5.74) is 5.56. The summed E-state index contributed by atoms with van der Waals surface area (Å²) in [6, 6.07) is 0. The van der Waals surface area contributed by atoms with Crippen molar-refractivity contribution < 1.29 is 4.79 Å². The molecule has 14 heavy (non-hydrogen) atoms. The minimum Gasteiger partial charge on any atom is -0.294 e. The predicted molar refractivity (Wildman–Crippen MR) is 63.1 cm³/mol. The van der Waals surface area contributed by atoms with Crippen LogP contribution in [0.2, 0.25) is 0 Å². The number of hydrogen-bond acceptors (Lipinski definition) is 1. The van der Waals surface area contributed by atoms with Crippen LogP contribution < -0.4 is 0 Å². The van der Waals surface area contributed by atoms with E-state index in [1.165, 1.54) is 16.7 Å². The maximum Gasteiger partial charge on any atom is 0.161 e. The lowest BCUT2D eigenvalue weighted by atomic mass is 9.93. The molecule has 0 amide bonds. The largest absolute Gasteiger partial charge is 0.294 e. The van der Waals surface area contributed by atoms with Gasteiger partial charge in [-0.1, -0.05) is 0 Å². The number of ketones is 1. The average molecular weight is 255 g/mol. The molecular weight excluding hydrogens is 240 g/mol. The molecular formula is C12H15BrO. The zero-order valence-electron chi connectivity index (χ0n) is 9.29. The highest BCUT2D eigenvalue weighted by atomic mass is 79.9. The number of hydrogen-bond donors (Lipinski definition) is 0. The van der Waals surface area contributed by atoms with Crippen molar-refractivity contribution in [1.82, 2.24) is 0 Å². The third kappa shape index (κ3) is 1.63. The van der Waals surface area contributed by atoms with Gasteiger partial charge in [0.2, 0.25) is 0 Å². The standard InChI is InChI=1S/C12H15BrO/c1-6-7(2)9(4)12(13)11(8(6)3)10(5)14/h1-5H3. The molecule has 0 fully saturated rings. The van der Waals surface area contributed by atoms with Gasteiger partial charge in [0.05, 0.1) is 0 Å². The third-order valence-electron chi connectivity index (χ3n) is 2.96. The molecule has 0 aliphatic carbocycles. The zero-order chi connectivity index (χ0) is 11.0. The summed E-state index contributed by atoms with van der Waals surface area (Å²) in [7, 11) is 0. The van der Waals surface area contributed by atoms with E-state index < -0.39 is 0 Å². The van der Waals surface area contributed by atoms with Crippen molar-refractivity contribution in [3.05, 3.63) is 32.3 Å². The van der Waals surface area contributed by atoms with Crippen LogP contribution in [0.4, 0.5) is 0 Å². The monoisotopic (exact) mass is 254 g/mol. The van der Waals surface area contributed by atoms with Gasteiger partial charge in [-0.05, 0) is 72.8 Å². The molecule has 1 aromatic rings. The highest BCUT2D eigenvalue weighted by Gasteiger charge is 2.15. The van der Waals surface area contributed by atoms with Gasteiger partial charge >= 0.3 is 0 Å². The Morgan fingerprint density at radius 3 is 1.79 bits per heavy atom. The Morgan fingerprint density at radius 2 is 1.36 bits per heavy atom. The van der Waals surface area contributed by atoms with Crippen molar-refractivity contribution in [3.8, 4) is 0 Å². The molecule has 0 N–H and O–H groups in total. The number of benzene rings is 1. The number of carbonyl (C=O) groups is 1. The SMILES string of the molecule is CC(=O)c1c(C)c(C)c(C)c(C)c1Br. The zero-order valence-corrected chi connectivity index (χ0v) is 10.9. The van der Waals surface area contributed by atoms with E-state index >= 15 is 0 Å². The first-order valence-corrected chi connectivity index (χ1v) is 5.44. The second-order valence-corrected chi connectivity index (χ2v) is 4.54. The molecule has 0 unspecified atom stereocenters. The first-order chi connectivity index (χ1) is 6.37. The van der Waals surface area contributed by atoms with Crippen LogP contribution in [-0.2, 0) is 0 Å². The Kier molecular flexibility index (Phi) is 3.15. The lowest BCUT2D eigenvalue weighted by Gasteiger charge is -2.15. The Hall–Kier alpha value is -0.630. The lowest BCUT2D eigenvalue weighted by Crippen LogP contribution is -2.04. The van der Waals surface area contributed by atoms with Crippen LogP contribution in [0.5, 0.6) is 0 Å². The number of halogens is 1. The van der Waals surface area contributed by atoms with Gasteiger partial charge in [0.25, 0.3) is 0 Å². The van der Waals surface area contributed by atoms with Gasteiger partial charge in [0.15, 0.2) is 5.78 Å². The van der Waals surface area contributed by atoms with Crippen LogP contribution in [0.1, 0.15) is 39.5 Å². The molecule has 1 nitrogen and oxygen atoms in total. The van der Waals surface area contributed by atoms with Crippen molar-refractivity contribution in [2.24, 2.45) is 0 Å². The van der Waals surface area contributed by atoms with Gasteiger partial charge in [-0.2, -0.15) is 0 Å². The molecule has 0 aliphatic rings. The molecule has 0 atom stereocenters. The molecule has 1 rings (SSSR count). The Labute approximate surface area is 93.7 Å². The number of carbonyl (C=O) groups excluding carboxylic acids is 1. The van der Waals surface area contributed by atoms with Gasteiger partial charge in [-0.3, -0.25) is 4.79 Å². The topological polar surface area (TPSA) is 17.1 Å². The number of rotatable bonds is 1. The molecule has 0 aromatic heterocycles. The average Bonchev–Trinajstić information content (AvgIpc) is 2.11. The van der Waals surface area contributed by atoms with E-state index in [2.05, 4.69) is 29.8 Å². The molecule has 2 heteroatoms. The summed E-state index contributed by atoms with van der Waals surface area (Å²) in [5, 5.41) is 0. The first-order valence-electron chi connectivity index (χ1n) is 4.64. The van der Waals surface area contributed by atoms with Crippen LogP contribution in [0.25, 0.3) is 0 Å². The van der Waals surface area contributed by atoms with E-state index in [1.807, 2.05) is 13.8 Å². The predicted octanol–water partition coefficient (Wildman–Crippen LogP) is 3.89. The van der Waals surface area contributed by atoms with Gasteiger partial charge in [0, 0.05) is 10.0 Å². The van der Waals surface area contributed by atoms with E-state index in [1.54, 1.807) is 6.92 Å². The second-order valence-electron chi connectivity index (χ2n) is 3.75. The van der Waals surface area contributed by atoms with Gasteiger partial charge < -0.3 is 0 Å². The molecule has 0 spiro atoms. The maximum absolute atomic E-state index is 11.5.